The Bertz CT molecular complexity index is 629. The van der Waals surface area contributed by atoms with E-state index in [1.54, 1.807) is 32.2 Å². The first-order chi connectivity index (χ1) is 9.36. The summed E-state index contributed by atoms with van der Waals surface area (Å²) in [6.07, 6.45) is 0.695. The second kappa shape index (κ2) is 5.77. The van der Waals surface area contributed by atoms with E-state index in [1.165, 1.54) is 4.31 Å². The summed E-state index contributed by atoms with van der Waals surface area (Å²) >= 11 is 4.90. The van der Waals surface area contributed by atoms with Crippen molar-refractivity contribution in [3.05, 3.63) is 29.3 Å². The fraction of sp³-hybridized carbons (Fsp3) is 0.462. The lowest BCUT2D eigenvalue weighted by Gasteiger charge is -2.18. The first kappa shape index (κ1) is 15.4. The largest absolute Gasteiger partial charge is 0.389 e. The molecule has 0 aromatic heterocycles. The smallest absolute Gasteiger partial charge is 0.243 e. The molecule has 2 N–H and O–H groups in total. The molecule has 20 heavy (non-hydrogen) atoms. The summed E-state index contributed by atoms with van der Waals surface area (Å²) in [4.78, 5) is 0.562. The van der Waals surface area contributed by atoms with Crippen molar-refractivity contribution in [2.45, 2.75) is 24.3 Å². The fourth-order valence-corrected chi connectivity index (χ4v) is 4.16. The Balaban J connectivity index is 2.33. The van der Waals surface area contributed by atoms with E-state index in [9.17, 15) is 8.42 Å². The minimum atomic E-state index is -3.49. The van der Waals surface area contributed by atoms with Crippen LogP contribution in [0.3, 0.4) is 0 Å². The first-order valence-corrected chi connectivity index (χ1v) is 8.14. The van der Waals surface area contributed by atoms with Crippen LogP contribution >= 0.6 is 12.2 Å². The van der Waals surface area contributed by atoms with Gasteiger partial charge in [0, 0.05) is 25.8 Å². The summed E-state index contributed by atoms with van der Waals surface area (Å²) in [7, 11) is -1.89. The highest BCUT2D eigenvalue weighted by molar-refractivity contribution is 7.89. The molecule has 0 saturated carbocycles. The molecule has 1 aromatic rings. The highest BCUT2D eigenvalue weighted by Crippen LogP contribution is 2.25. The second-order valence-electron chi connectivity index (χ2n) is 4.85. The van der Waals surface area contributed by atoms with Gasteiger partial charge in [-0.2, -0.15) is 4.31 Å². The molecule has 0 spiro atoms. The lowest BCUT2D eigenvalue weighted by Crippen LogP contribution is -2.30. The summed E-state index contributed by atoms with van der Waals surface area (Å²) in [6.45, 7) is 2.63. The van der Waals surface area contributed by atoms with Crippen molar-refractivity contribution >= 4 is 27.2 Å². The van der Waals surface area contributed by atoms with E-state index in [-0.39, 0.29) is 11.1 Å². The van der Waals surface area contributed by atoms with Crippen LogP contribution in [0, 0.1) is 6.92 Å². The number of nitrogens with zero attached hydrogens (tertiary/aromatic N) is 1. The van der Waals surface area contributed by atoms with Crippen LogP contribution in [0.25, 0.3) is 0 Å². The quantitative estimate of drug-likeness (QED) is 0.841. The maximum absolute atomic E-state index is 12.6. The predicted octanol–water partition coefficient (Wildman–Crippen LogP) is 1.04. The molecular weight excluding hydrogens is 296 g/mol. The Morgan fingerprint density at radius 2 is 2.20 bits per heavy atom. The molecule has 0 amide bonds. The van der Waals surface area contributed by atoms with Gasteiger partial charge in [0.05, 0.1) is 11.0 Å². The molecule has 1 saturated heterocycles. The van der Waals surface area contributed by atoms with Crippen molar-refractivity contribution in [2.75, 3.05) is 20.2 Å². The minimum absolute atomic E-state index is 0.0269. The lowest BCUT2D eigenvalue weighted by atomic mass is 10.1. The third kappa shape index (κ3) is 2.85. The third-order valence-corrected chi connectivity index (χ3v) is 5.78. The van der Waals surface area contributed by atoms with Crippen molar-refractivity contribution in [1.29, 1.82) is 0 Å². The molecule has 0 bridgehead atoms. The predicted molar refractivity (Wildman–Crippen MR) is 81.2 cm³/mol. The van der Waals surface area contributed by atoms with E-state index < -0.39 is 10.0 Å². The van der Waals surface area contributed by atoms with Gasteiger partial charge in [-0.1, -0.05) is 18.3 Å². The monoisotopic (exact) mass is 314 g/mol. The maximum atomic E-state index is 12.6. The van der Waals surface area contributed by atoms with Crippen molar-refractivity contribution in [1.82, 2.24) is 4.31 Å². The molecule has 1 aliphatic heterocycles. The van der Waals surface area contributed by atoms with Crippen molar-refractivity contribution in [3.8, 4) is 0 Å². The minimum Gasteiger partial charge on any atom is -0.389 e. The molecular formula is C13H18N2O3S2. The summed E-state index contributed by atoms with van der Waals surface area (Å²) in [5, 5.41) is 0. The average Bonchev–Trinajstić information content (AvgIpc) is 2.87. The highest BCUT2D eigenvalue weighted by Gasteiger charge is 2.33. The van der Waals surface area contributed by atoms with Gasteiger partial charge in [-0.05, 0) is 31.0 Å². The van der Waals surface area contributed by atoms with E-state index in [0.29, 0.717) is 29.1 Å². The zero-order valence-corrected chi connectivity index (χ0v) is 13.1. The Morgan fingerprint density at radius 3 is 2.70 bits per heavy atom. The molecule has 1 aromatic carbocycles. The number of hydrogen-bond acceptors (Lipinski definition) is 4. The van der Waals surface area contributed by atoms with E-state index in [2.05, 4.69) is 0 Å². The van der Waals surface area contributed by atoms with Gasteiger partial charge < -0.3 is 10.5 Å². The van der Waals surface area contributed by atoms with Crippen LogP contribution in [0.1, 0.15) is 17.5 Å². The van der Waals surface area contributed by atoms with E-state index in [1.807, 2.05) is 0 Å². The Labute approximate surface area is 124 Å². The summed E-state index contributed by atoms with van der Waals surface area (Å²) in [5.41, 5.74) is 6.88. The number of aryl methyl sites for hydroxylation is 1. The van der Waals surface area contributed by atoms with Crippen LogP contribution in [-0.2, 0) is 14.8 Å². The second-order valence-corrected chi connectivity index (χ2v) is 7.20. The molecule has 1 fully saturated rings. The van der Waals surface area contributed by atoms with E-state index in [4.69, 9.17) is 22.7 Å². The van der Waals surface area contributed by atoms with Gasteiger partial charge in [-0.15, -0.1) is 0 Å². The number of benzene rings is 1. The van der Waals surface area contributed by atoms with Crippen molar-refractivity contribution in [2.24, 2.45) is 5.73 Å². The number of hydrogen-bond donors (Lipinski definition) is 1. The number of ether oxygens (including phenoxy) is 1. The zero-order chi connectivity index (χ0) is 14.9. The van der Waals surface area contributed by atoms with Crippen molar-refractivity contribution in [3.63, 3.8) is 0 Å². The number of nitrogens with two attached hydrogens (primary N) is 1. The van der Waals surface area contributed by atoms with Gasteiger partial charge in [0.1, 0.15) is 4.99 Å². The van der Waals surface area contributed by atoms with Crippen LogP contribution in [0.2, 0.25) is 0 Å². The van der Waals surface area contributed by atoms with Gasteiger partial charge in [-0.25, -0.2) is 8.42 Å². The van der Waals surface area contributed by atoms with E-state index >= 15 is 0 Å². The molecule has 1 aliphatic rings. The molecule has 0 radical (unpaired) electrons. The number of thiocarbonyl (C=S) groups is 1. The Hall–Kier alpha value is -1.02. The molecule has 7 heteroatoms. The highest BCUT2D eigenvalue weighted by atomic mass is 32.2. The average molecular weight is 314 g/mol. The Morgan fingerprint density at radius 1 is 1.50 bits per heavy atom. The van der Waals surface area contributed by atoms with Gasteiger partial charge in [-0.3, -0.25) is 0 Å². The summed E-state index contributed by atoms with van der Waals surface area (Å²) in [6, 6.07) is 4.92. The van der Waals surface area contributed by atoms with Gasteiger partial charge in [0.15, 0.2) is 0 Å². The lowest BCUT2D eigenvalue weighted by molar-refractivity contribution is 0.115. The van der Waals surface area contributed by atoms with E-state index in [0.717, 1.165) is 6.42 Å². The van der Waals surface area contributed by atoms with Crippen LogP contribution in [0.5, 0.6) is 0 Å². The van der Waals surface area contributed by atoms with Gasteiger partial charge in [0.2, 0.25) is 10.0 Å². The topological polar surface area (TPSA) is 72.6 Å². The zero-order valence-electron chi connectivity index (χ0n) is 11.5. The fourth-order valence-electron chi connectivity index (χ4n) is 2.34. The number of rotatable bonds is 4. The maximum Gasteiger partial charge on any atom is 0.243 e. The molecule has 110 valence electrons. The Kier molecular flexibility index (Phi) is 4.43. The molecule has 0 aliphatic carbocycles. The van der Waals surface area contributed by atoms with Crippen LogP contribution < -0.4 is 5.73 Å². The standard InChI is InChI=1S/C13H18N2O3S2/c1-9-7-10(13(14)19)3-4-12(9)20(16,17)15-6-5-11(8-15)18-2/h3-4,7,11H,5-6,8H2,1-2H3,(H2,14,19). The normalized spacial score (nSPS) is 20.2. The van der Waals surface area contributed by atoms with Crippen LogP contribution in [0.4, 0.5) is 0 Å². The SMILES string of the molecule is COC1CCN(S(=O)(=O)c2ccc(C(N)=S)cc2C)C1. The third-order valence-electron chi connectivity index (χ3n) is 3.52. The van der Waals surface area contributed by atoms with Gasteiger partial charge >= 0.3 is 0 Å². The number of sulfonamides is 1. The molecule has 1 heterocycles. The summed E-state index contributed by atoms with van der Waals surface area (Å²) < 4.78 is 31.9. The van der Waals surface area contributed by atoms with Crippen molar-refractivity contribution < 1.29 is 13.2 Å². The molecule has 2 rings (SSSR count). The first-order valence-electron chi connectivity index (χ1n) is 6.29. The summed E-state index contributed by atoms with van der Waals surface area (Å²) in [5.74, 6) is 0. The van der Waals surface area contributed by atoms with Crippen LogP contribution in [0.15, 0.2) is 23.1 Å². The van der Waals surface area contributed by atoms with Crippen LogP contribution in [-0.4, -0.2) is 44.0 Å². The molecule has 1 unspecified atom stereocenters. The molecule has 1 atom stereocenters. The molecule has 5 nitrogen and oxygen atoms in total. The number of methoxy groups -OCH3 is 1. The van der Waals surface area contributed by atoms with Gasteiger partial charge in [0.25, 0.3) is 0 Å².